The van der Waals surface area contributed by atoms with Gasteiger partial charge in [0.2, 0.25) is 5.90 Å². The van der Waals surface area contributed by atoms with E-state index in [1.807, 2.05) is 6.92 Å². The lowest BCUT2D eigenvalue weighted by atomic mass is 10.0. The molecule has 0 saturated carbocycles. The van der Waals surface area contributed by atoms with Gasteiger partial charge in [-0.15, -0.1) is 0 Å². The third-order valence-corrected chi connectivity index (χ3v) is 4.28. The van der Waals surface area contributed by atoms with E-state index < -0.39 is 17.5 Å². The van der Waals surface area contributed by atoms with Gasteiger partial charge in [0.1, 0.15) is 0 Å². The summed E-state index contributed by atoms with van der Waals surface area (Å²) in [6.07, 6.45) is -5.17. The van der Waals surface area contributed by atoms with Crippen molar-refractivity contribution in [2.75, 3.05) is 7.05 Å². The second-order valence-corrected chi connectivity index (χ2v) is 6.60. The van der Waals surface area contributed by atoms with Crippen LogP contribution in [0.25, 0.3) is 0 Å². The van der Waals surface area contributed by atoms with Crippen LogP contribution in [-0.2, 0) is 10.5 Å². The number of benzene rings is 2. The first-order valence-electron chi connectivity index (χ1n) is 7.47. The van der Waals surface area contributed by atoms with Crippen LogP contribution < -0.4 is 0 Å². The molecule has 0 bridgehead atoms. The number of ether oxygens (including phenoxy) is 1. The molecule has 0 aliphatic heterocycles. The molecule has 1 atom stereocenters. The van der Waals surface area contributed by atoms with Gasteiger partial charge in [-0.05, 0) is 55.3 Å². The summed E-state index contributed by atoms with van der Waals surface area (Å²) >= 11 is 11.6. The van der Waals surface area contributed by atoms with E-state index in [0.717, 1.165) is 23.3 Å². The quantitative estimate of drug-likeness (QED) is 0.421. The number of rotatable bonds is 3. The fraction of sp³-hybridized carbons (Fsp3) is 0.278. The van der Waals surface area contributed by atoms with Crippen LogP contribution in [0, 0.1) is 13.8 Å². The van der Waals surface area contributed by atoms with Crippen molar-refractivity contribution >= 4 is 29.1 Å². The van der Waals surface area contributed by atoms with Crippen molar-refractivity contribution in [1.29, 1.82) is 0 Å². The SMILES string of the molecule is C/N=C(\OC(O)(c1cc(Cl)cc(Cl)c1)C(F)(F)F)c1ccc(C)c(C)c1. The molecular formula is C18H16Cl2F3NO2. The number of aliphatic imine (C=N–C) groups is 1. The Morgan fingerprint density at radius 2 is 1.58 bits per heavy atom. The highest BCUT2D eigenvalue weighted by Gasteiger charge is 2.59. The monoisotopic (exact) mass is 405 g/mol. The zero-order valence-corrected chi connectivity index (χ0v) is 15.7. The molecule has 2 rings (SSSR count). The van der Waals surface area contributed by atoms with Crippen LogP contribution in [0.1, 0.15) is 22.3 Å². The number of aryl methyl sites for hydroxylation is 2. The predicted molar refractivity (Wildman–Crippen MR) is 95.9 cm³/mol. The van der Waals surface area contributed by atoms with E-state index in [1.54, 1.807) is 25.1 Å². The number of nitrogens with zero attached hydrogens (tertiary/aromatic N) is 1. The number of hydrogen-bond donors (Lipinski definition) is 1. The Balaban J connectivity index is 2.55. The van der Waals surface area contributed by atoms with Crippen LogP contribution in [0.2, 0.25) is 10.0 Å². The van der Waals surface area contributed by atoms with Crippen molar-refractivity contribution in [2.24, 2.45) is 4.99 Å². The molecule has 0 aliphatic rings. The van der Waals surface area contributed by atoms with E-state index in [0.29, 0.717) is 5.56 Å². The van der Waals surface area contributed by atoms with Crippen molar-refractivity contribution in [2.45, 2.75) is 25.8 Å². The summed E-state index contributed by atoms with van der Waals surface area (Å²) in [7, 11) is 1.27. The van der Waals surface area contributed by atoms with E-state index >= 15 is 0 Å². The molecule has 0 aromatic heterocycles. The molecule has 0 amide bonds. The normalized spacial score (nSPS) is 14.9. The van der Waals surface area contributed by atoms with Gasteiger partial charge < -0.3 is 9.84 Å². The van der Waals surface area contributed by atoms with E-state index in [2.05, 4.69) is 4.99 Å². The Hall–Kier alpha value is -1.76. The van der Waals surface area contributed by atoms with Crippen molar-refractivity contribution in [1.82, 2.24) is 0 Å². The molecule has 26 heavy (non-hydrogen) atoms. The summed E-state index contributed by atoms with van der Waals surface area (Å²) in [6, 6.07) is 8.04. The van der Waals surface area contributed by atoms with Crippen molar-refractivity contribution < 1.29 is 23.0 Å². The van der Waals surface area contributed by atoms with Gasteiger partial charge in [0.15, 0.2) is 0 Å². The second-order valence-electron chi connectivity index (χ2n) is 5.73. The number of halogens is 5. The molecule has 2 aromatic carbocycles. The topological polar surface area (TPSA) is 41.8 Å². The fourth-order valence-electron chi connectivity index (χ4n) is 2.28. The third kappa shape index (κ3) is 4.14. The van der Waals surface area contributed by atoms with E-state index in [4.69, 9.17) is 27.9 Å². The van der Waals surface area contributed by atoms with Gasteiger partial charge in [-0.25, -0.2) is 0 Å². The second kappa shape index (κ2) is 7.47. The minimum Gasteiger partial charge on any atom is -0.432 e. The van der Waals surface area contributed by atoms with Gasteiger partial charge in [-0.2, -0.15) is 13.2 Å². The van der Waals surface area contributed by atoms with Crippen molar-refractivity contribution in [3.05, 3.63) is 68.7 Å². The first kappa shape index (κ1) is 20.6. The molecule has 0 aliphatic carbocycles. The van der Waals surface area contributed by atoms with Crippen molar-refractivity contribution in [3.63, 3.8) is 0 Å². The van der Waals surface area contributed by atoms with Gasteiger partial charge >= 0.3 is 12.0 Å². The molecule has 140 valence electrons. The molecular weight excluding hydrogens is 390 g/mol. The Bertz CT molecular complexity index is 833. The Kier molecular flexibility index (Phi) is 5.90. The average Bonchev–Trinajstić information content (AvgIpc) is 2.53. The van der Waals surface area contributed by atoms with E-state index in [1.165, 1.54) is 13.1 Å². The number of hydrogen-bond acceptors (Lipinski definition) is 3. The van der Waals surface area contributed by atoms with Crippen LogP contribution in [-0.4, -0.2) is 24.2 Å². The highest BCUT2D eigenvalue weighted by atomic mass is 35.5. The minimum absolute atomic E-state index is 0.0695. The molecule has 0 radical (unpaired) electrons. The van der Waals surface area contributed by atoms with Crippen molar-refractivity contribution in [3.8, 4) is 0 Å². The van der Waals surface area contributed by atoms with Crippen LogP contribution in [0.15, 0.2) is 41.4 Å². The maximum atomic E-state index is 13.7. The number of alkyl halides is 3. The van der Waals surface area contributed by atoms with Crippen LogP contribution in [0.3, 0.4) is 0 Å². The van der Waals surface area contributed by atoms with Crippen LogP contribution in [0.5, 0.6) is 0 Å². The highest BCUT2D eigenvalue weighted by Crippen LogP contribution is 2.42. The smallest absolute Gasteiger partial charge is 0.432 e. The lowest BCUT2D eigenvalue weighted by Crippen LogP contribution is -2.46. The zero-order valence-electron chi connectivity index (χ0n) is 14.2. The molecule has 0 spiro atoms. The predicted octanol–water partition coefficient (Wildman–Crippen LogP) is 5.41. The van der Waals surface area contributed by atoms with E-state index in [9.17, 15) is 18.3 Å². The summed E-state index contributed by atoms with van der Waals surface area (Å²) in [6.45, 7) is 3.67. The van der Waals surface area contributed by atoms with E-state index in [-0.39, 0.29) is 15.9 Å². The lowest BCUT2D eigenvalue weighted by Gasteiger charge is -2.31. The lowest BCUT2D eigenvalue weighted by molar-refractivity contribution is -0.350. The summed E-state index contributed by atoms with van der Waals surface area (Å²) in [5.41, 5.74) is 1.45. The molecule has 3 nitrogen and oxygen atoms in total. The standard InChI is InChI=1S/C18H16Cl2F3NO2/c1-10-4-5-12(6-11(10)2)16(24-3)26-17(25,18(21,22)23)13-7-14(19)9-15(20)8-13/h4-9,25H,1-3H3/b24-16-. The highest BCUT2D eigenvalue weighted by molar-refractivity contribution is 6.34. The Morgan fingerprint density at radius 1 is 1.00 bits per heavy atom. The Labute approximate surface area is 159 Å². The molecule has 0 heterocycles. The van der Waals surface area contributed by atoms with Gasteiger partial charge in [-0.1, -0.05) is 29.3 Å². The Morgan fingerprint density at radius 3 is 2.04 bits per heavy atom. The summed E-state index contributed by atoms with van der Waals surface area (Å²) in [5, 5.41) is 10.3. The van der Waals surface area contributed by atoms with Crippen LogP contribution in [0.4, 0.5) is 13.2 Å². The molecule has 2 aromatic rings. The van der Waals surface area contributed by atoms with Gasteiger partial charge in [0.25, 0.3) is 0 Å². The average molecular weight is 406 g/mol. The first-order chi connectivity index (χ1) is 12.0. The molecule has 1 unspecified atom stereocenters. The molecule has 8 heteroatoms. The van der Waals surface area contributed by atoms with Gasteiger partial charge in [-0.3, -0.25) is 4.99 Å². The van der Waals surface area contributed by atoms with Gasteiger partial charge in [0.05, 0.1) is 0 Å². The largest absolute Gasteiger partial charge is 0.460 e. The molecule has 0 fully saturated rings. The fourth-order valence-corrected chi connectivity index (χ4v) is 2.80. The maximum Gasteiger partial charge on any atom is 0.460 e. The molecule has 1 N–H and O–H groups in total. The molecule has 0 saturated heterocycles. The van der Waals surface area contributed by atoms with Gasteiger partial charge in [0, 0.05) is 28.2 Å². The first-order valence-corrected chi connectivity index (χ1v) is 8.22. The number of aliphatic hydroxyl groups is 1. The third-order valence-electron chi connectivity index (χ3n) is 3.84. The summed E-state index contributed by atoms with van der Waals surface area (Å²) < 4.78 is 46.1. The zero-order chi connectivity index (χ0) is 19.7. The maximum absolute atomic E-state index is 13.7. The van der Waals surface area contributed by atoms with Crippen LogP contribution >= 0.6 is 23.2 Å². The summed E-state index contributed by atoms with van der Waals surface area (Å²) in [4.78, 5) is 3.77. The summed E-state index contributed by atoms with van der Waals surface area (Å²) in [5.74, 6) is -4.04. The minimum atomic E-state index is -5.17.